The van der Waals surface area contributed by atoms with Crippen LogP contribution >= 0.6 is 0 Å². The molecule has 0 aliphatic heterocycles. The van der Waals surface area contributed by atoms with Gasteiger partial charge in [0, 0.05) is 0 Å². The molecule has 2 aromatic carbocycles. The maximum atomic E-state index is 11.2. The predicted octanol–water partition coefficient (Wildman–Crippen LogP) is 4.67. The van der Waals surface area contributed by atoms with E-state index in [0.29, 0.717) is 6.42 Å². The van der Waals surface area contributed by atoms with Crippen LogP contribution in [0.15, 0.2) is 72.3 Å². The lowest BCUT2D eigenvalue weighted by Crippen LogP contribution is -2.27. The molecule has 1 N–H and O–H groups in total. The van der Waals surface area contributed by atoms with Gasteiger partial charge in [-0.2, -0.15) is 0 Å². The SMILES string of the molecule is CC(C)=CCCC(O)(c1ccccc1)c1ccccc1. The molecule has 0 fully saturated rings. The summed E-state index contributed by atoms with van der Waals surface area (Å²) < 4.78 is 0. The first kappa shape index (κ1) is 14.5. The highest BCUT2D eigenvalue weighted by Gasteiger charge is 2.30. The molecule has 0 spiro atoms. The first-order valence-electron chi connectivity index (χ1n) is 7.10. The molecule has 0 saturated carbocycles. The normalized spacial score (nSPS) is 11.2. The summed E-state index contributed by atoms with van der Waals surface area (Å²) >= 11 is 0. The van der Waals surface area contributed by atoms with Crippen molar-refractivity contribution in [3.8, 4) is 0 Å². The van der Waals surface area contributed by atoms with Crippen molar-refractivity contribution in [2.75, 3.05) is 0 Å². The van der Waals surface area contributed by atoms with E-state index in [1.54, 1.807) is 0 Å². The van der Waals surface area contributed by atoms with Gasteiger partial charge in [0.1, 0.15) is 5.60 Å². The van der Waals surface area contributed by atoms with Gasteiger partial charge in [-0.25, -0.2) is 0 Å². The Balaban J connectivity index is 2.36. The van der Waals surface area contributed by atoms with Crippen molar-refractivity contribution in [1.82, 2.24) is 0 Å². The highest BCUT2D eigenvalue weighted by Crippen LogP contribution is 2.34. The van der Waals surface area contributed by atoms with Crippen molar-refractivity contribution in [1.29, 1.82) is 0 Å². The zero-order valence-corrected chi connectivity index (χ0v) is 12.2. The molecular weight excluding hydrogens is 244 g/mol. The summed E-state index contributed by atoms with van der Waals surface area (Å²) in [6.45, 7) is 4.17. The summed E-state index contributed by atoms with van der Waals surface area (Å²) in [5.74, 6) is 0. The zero-order valence-electron chi connectivity index (χ0n) is 12.2. The lowest BCUT2D eigenvalue weighted by atomic mass is 9.82. The molecule has 0 aliphatic rings. The smallest absolute Gasteiger partial charge is 0.115 e. The fraction of sp³-hybridized carbons (Fsp3) is 0.263. The van der Waals surface area contributed by atoms with Gasteiger partial charge in [-0.05, 0) is 37.8 Å². The Morgan fingerprint density at radius 3 is 1.75 bits per heavy atom. The van der Waals surface area contributed by atoms with Gasteiger partial charge in [-0.15, -0.1) is 0 Å². The van der Waals surface area contributed by atoms with Crippen molar-refractivity contribution < 1.29 is 5.11 Å². The van der Waals surface area contributed by atoms with E-state index < -0.39 is 5.60 Å². The molecule has 0 heterocycles. The van der Waals surface area contributed by atoms with Crippen LogP contribution in [0.2, 0.25) is 0 Å². The largest absolute Gasteiger partial charge is 0.380 e. The molecule has 0 aliphatic carbocycles. The Morgan fingerprint density at radius 1 is 0.900 bits per heavy atom. The lowest BCUT2D eigenvalue weighted by Gasteiger charge is -2.29. The van der Waals surface area contributed by atoms with Crippen molar-refractivity contribution in [3.05, 3.63) is 83.4 Å². The van der Waals surface area contributed by atoms with Gasteiger partial charge in [0.05, 0.1) is 0 Å². The number of hydrogen-bond donors (Lipinski definition) is 1. The Morgan fingerprint density at radius 2 is 1.35 bits per heavy atom. The zero-order chi connectivity index (χ0) is 14.4. The van der Waals surface area contributed by atoms with Crippen LogP contribution in [0.3, 0.4) is 0 Å². The molecule has 0 aromatic heterocycles. The number of allylic oxidation sites excluding steroid dienone is 2. The van der Waals surface area contributed by atoms with Crippen LogP contribution in [-0.2, 0) is 5.60 Å². The van der Waals surface area contributed by atoms with Crippen LogP contribution in [0, 0.1) is 0 Å². The average molecular weight is 266 g/mol. The molecule has 0 bridgehead atoms. The topological polar surface area (TPSA) is 20.2 Å². The van der Waals surface area contributed by atoms with E-state index in [4.69, 9.17) is 0 Å². The standard InChI is InChI=1S/C19H22O/c1-16(2)10-9-15-19(20,17-11-5-3-6-12-17)18-13-7-4-8-14-18/h3-8,10-14,20H,9,15H2,1-2H3. The maximum absolute atomic E-state index is 11.2. The van der Waals surface area contributed by atoms with Crippen LogP contribution in [-0.4, -0.2) is 5.11 Å². The summed E-state index contributed by atoms with van der Waals surface area (Å²) in [6.07, 6.45) is 3.73. The molecule has 2 rings (SSSR count). The van der Waals surface area contributed by atoms with E-state index in [1.807, 2.05) is 60.7 Å². The molecule has 20 heavy (non-hydrogen) atoms. The first-order valence-corrected chi connectivity index (χ1v) is 7.10. The Kier molecular flexibility index (Phi) is 4.75. The van der Waals surface area contributed by atoms with Crippen molar-refractivity contribution in [3.63, 3.8) is 0 Å². The van der Waals surface area contributed by atoms with Crippen molar-refractivity contribution in [2.45, 2.75) is 32.3 Å². The fourth-order valence-corrected chi connectivity index (χ4v) is 2.45. The molecule has 0 amide bonds. The Bertz CT molecular complexity index is 511. The second kappa shape index (κ2) is 6.53. The third kappa shape index (κ3) is 3.37. The number of rotatable bonds is 5. The van der Waals surface area contributed by atoms with Crippen LogP contribution in [0.25, 0.3) is 0 Å². The molecular formula is C19H22O. The van der Waals surface area contributed by atoms with Crippen LogP contribution < -0.4 is 0 Å². The van der Waals surface area contributed by atoms with E-state index >= 15 is 0 Å². The van der Waals surface area contributed by atoms with Gasteiger partial charge in [-0.3, -0.25) is 0 Å². The molecule has 0 unspecified atom stereocenters. The second-order valence-electron chi connectivity index (χ2n) is 5.41. The van der Waals surface area contributed by atoms with E-state index in [0.717, 1.165) is 17.5 Å². The van der Waals surface area contributed by atoms with Crippen molar-refractivity contribution >= 4 is 0 Å². The van der Waals surface area contributed by atoms with Crippen LogP contribution in [0.5, 0.6) is 0 Å². The lowest BCUT2D eigenvalue weighted by molar-refractivity contribution is 0.0720. The fourth-order valence-electron chi connectivity index (χ4n) is 2.45. The van der Waals surface area contributed by atoms with E-state index in [-0.39, 0.29) is 0 Å². The van der Waals surface area contributed by atoms with Gasteiger partial charge in [-0.1, -0.05) is 72.3 Å². The summed E-state index contributed by atoms with van der Waals surface area (Å²) in [4.78, 5) is 0. The second-order valence-corrected chi connectivity index (χ2v) is 5.41. The molecule has 2 aromatic rings. The monoisotopic (exact) mass is 266 g/mol. The number of hydrogen-bond acceptors (Lipinski definition) is 1. The molecule has 104 valence electrons. The number of aliphatic hydroxyl groups is 1. The van der Waals surface area contributed by atoms with Crippen LogP contribution in [0.4, 0.5) is 0 Å². The van der Waals surface area contributed by atoms with Gasteiger partial charge < -0.3 is 5.11 Å². The average Bonchev–Trinajstić information content (AvgIpc) is 2.48. The van der Waals surface area contributed by atoms with Gasteiger partial charge in [0.25, 0.3) is 0 Å². The quantitative estimate of drug-likeness (QED) is 0.780. The Labute approximate surface area is 121 Å². The van der Waals surface area contributed by atoms with Crippen molar-refractivity contribution in [2.24, 2.45) is 0 Å². The van der Waals surface area contributed by atoms with E-state index in [9.17, 15) is 5.11 Å². The highest BCUT2D eigenvalue weighted by atomic mass is 16.3. The molecule has 1 nitrogen and oxygen atoms in total. The first-order chi connectivity index (χ1) is 9.63. The third-order valence-electron chi connectivity index (χ3n) is 3.56. The van der Waals surface area contributed by atoms with Gasteiger partial charge in [0.15, 0.2) is 0 Å². The van der Waals surface area contributed by atoms with Crippen LogP contribution in [0.1, 0.15) is 37.8 Å². The minimum absolute atomic E-state index is 0.687. The summed E-state index contributed by atoms with van der Waals surface area (Å²) in [5.41, 5.74) is 2.27. The summed E-state index contributed by atoms with van der Waals surface area (Å²) in [6, 6.07) is 19.8. The number of benzene rings is 2. The highest BCUT2D eigenvalue weighted by molar-refractivity contribution is 5.35. The molecule has 0 atom stereocenters. The molecule has 0 radical (unpaired) electrons. The Hall–Kier alpha value is -1.86. The van der Waals surface area contributed by atoms with E-state index in [2.05, 4.69) is 19.9 Å². The van der Waals surface area contributed by atoms with Gasteiger partial charge >= 0.3 is 0 Å². The maximum Gasteiger partial charge on any atom is 0.115 e. The molecule has 1 heteroatoms. The summed E-state index contributed by atoms with van der Waals surface area (Å²) in [7, 11) is 0. The summed E-state index contributed by atoms with van der Waals surface area (Å²) in [5, 5.41) is 11.2. The third-order valence-corrected chi connectivity index (χ3v) is 3.56. The minimum atomic E-state index is -0.922. The van der Waals surface area contributed by atoms with Gasteiger partial charge in [0.2, 0.25) is 0 Å². The molecule has 0 saturated heterocycles. The minimum Gasteiger partial charge on any atom is -0.380 e. The van der Waals surface area contributed by atoms with E-state index in [1.165, 1.54) is 5.57 Å². The predicted molar refractivity (Wildman–Crippen MR) is 84.5 cm³/mol.